The van der Waals surface area contributed by atoms with Crippen molar-refractivity contribution in [2.45, 2.75) is 6.18 Å². The van der Waals surface area contributed by atoms with Crippen molar-refractivity contribution in [3.8, 4) is 11.5 Å². The minimum absolute atomic E-state index is 0.231. The largest absolute Gasteiger partial charge is 0.496 e. The van der Waals surface area contributed by atoms with Gasteiger partial charge in [-0.05, 0) is 6.07 Å². The summed E-state index contributed by atoms with van der Waals surface area (Å²) in [6.45, 7) is 0. The Morgan fingerprint density at radius 2 is 1.87 bits per heavy atom. The molecule has 0 saturated heterocycles. The Balaban J connectivity index is 3.48. The zero-order valence-corrected chi connectivity index (χ0v) is 8.66. The highest BCUT2D eigenvalue weighted by Crippen LogP contribution is 2.45. The molecule has 0 atom stereocenters. The first-order chi connectivity index (χ1) is 6.91. The second-order valence-corrected chi connectivity index (χ2v) is 2.96. The van der Waals surface area contributed by atoms with Crippen molar-refractivity contribution in [3.05, 3.63) is 22.7 Å². The Labute approximate surface area is 89.6 Å². The lowest BCUT2D eigenvalue weighted by Gasteiger charge is -2.16. The molecule has 2 nitrogen and oxygen atoms in total. The number of hydrogen-bond donors (Lipinski definition) is 0. The Morgan fingerprint density at radius 3 is 2.27 bits per heavy atom. The number of ether oxygens (including phenoxy) is 2. The van der Waals surface area contributed by atoms with Gasteiger partial charge < -0.3 is 9.47 Å². The predicted molar refractivity (Wildman–Crippen MR) is 48.4 cm³/mol. The van der Waals surface area contributed by atoms with E-state index in [1.54, 1.807) is 0 Å². The molecule has 0 aliphatic carbocycles. The predicted octanol–water partition coefficient (Wildman–Crippen LogP) is 3.18. The van der Waals surface area contributed by atoms with Gasteiger partial charge in [0.05, 0.1) is 19.2 Å². The van der Waals surface area contributed by atoms with Gasteiger partial charge in [0.25, 0.3) is 0 Å². The van der Waals surface area contributed by atoms with Gasteiger partial charge >= 0.3 is 6.18 Å². The summed E-state index contributed by atoms with van der Waals surface area (Å²) in [4.78, 5) is 0. The maximum Gasteiger partial charge on any atom is 0.423 e. The minimum atomic E-state index is -4.59. The lowest BCUT2D eigenvalue weighted by atomic mass is 10.1. The Morgan fingerprint density at radius 1 is 1.27 bits per heavy atom. The van der Waals surface area contributed by atoms with Crippen LogP contribution in [0.1, 0.15) is 5.56 Å². The zero-order chi connectivity index (χ0) is 11.6. The Kier molecular flexibility index (Phi) is 3.34. The average molecular weight is 240 g/mol. The fourth-order valence-corrected chi connectivity index (χ4v) is 1.34. The summed E-state index contributed by atoms with van der Waals surface area (Å²) in [6.07, 6.45) is -4.59. The molecule has 0 heterocycles. The van der Waals surface area contributed by atoms with E-state index in [0.29, 0.717) is 0 Å². The van der Waals surface area contributed by atoms with Crippen LogP contribution in [-0.2, 0) is 6.18 Å². The molecule has 0 amide bonds. The van der Waals surface area contributed by atoms with Gasteiger partial charge in [-0.15, -0.1) is 0 Å². The monoisotopic (exact) mass is 239 g/mol. The van der Waals surface area contributed by atoms with Crippen molar-refractivity contribution in [3.63, 3.8) is 0 Å². The van der Waals surface area contributed by atoms with Crippen LogP contribution in [0.5, 0.6) is 11.5 Å². The molecular formula is C9H7ClF3O2. The topological polar surface area (TPSA) is 18.5 Å². The third-order valence-corrected chi connectivity index (χ3v) is 1.99. The van der Waals surface area contributed by atoms with Crippen LogP contribution in [-0.4, -0.2) is 14.2 Å². The van der Waals surface area contributed by atoms with E-state index in [1.807, 2.05) is 0 Å². The number of hydrogen-bond acceptors (Lipinski definition) is 2. The van der Waals surface area contributed by atoms with E-state index in [1.165, 1.54) is 0 Å². The van der Waals surface area contributed by atoms with Gasteiger partial charge in [0.2, 0.25) is 0 Å². The van der Waals surface area contributed by atoms with E-state index in [2.05, 4.69) is 15.5 Å². The molecule has 0 aliphatic heterocycles. The molecule has 0 aliphatic rings. The van der Waals surface area contributed by atoms with Crippen LogP contribution in [0.2, 0.25) is 5.02 Å². The van der Waals surface area contributed by atoms with Crippen LogP contribution >= 0.6 is 11.6 Å². The normalized spacial score (nSPS) is 11.3. The number of benzene rings is 1. The zero-order valence-electron chi connectivity index (χ0n) is 7.91. The maximum atomic E-state index is 12.6. The number of rotatable bonds is 2. The van der Waals surface area contributed by atoms with Crippen molar-refractivity contribution >= 4 is 11.6 Å². The molecule has 0 saturated carbocycles. The summed E-state index contributed by atoms with van der Waals surface area (Å²) in [5.41, 5.74) is -1.03. The highest BCUT2D eigenvalue weighted by molar-refractivity contribution is 6.32. The van der Waals surface area contributed by atoms with Crippen molar-refractivity contribution in [2.24, 2.45) is 0 Å². The molecule has 0 N–H and O–H groups in total. The van der Waals surface area contributed by atoms with Crippen molar-refractivity contribution in [1.29, 1.82) is 0 Å². The van der Waals surface area contributed by atoms with Crippen molar-refractivity contribution < 1.29 is 22.6 Å². The SMILES string of the molecule is COc1c[c]c(Cl)c(OC)c1C(F)(F)F. The number of alkyl halides is 3. The molecule has 1 radical (unpaired) electrons. The molecule has 0 aromatic heterocycles. The highest BCUT2D eigenvalue weighted by atomic mass is 35.5. The molecule has 1 aromatic carbocycles. The summed E-state index contributed by atoms with van der Waals surface area (Å²) in [5, 5.41) is -0.231. The van der Waals surface area contributed by atoms with Gasteiger partial charge in [-0.3, -0.25) is 0 Å². The molecule has 6 heteroatoms. The first-order valence-corrected chi connectivity index (χ1v) is 4.19. The van der Waals surface area contributed by atoms with Gasteiger partial charge in [-0.25, -0.2) is 0 Å². The van der Waals surface area contributed by atoms with Crippen LogP contribution in [0.25, 0.3) is 0 Å². The van der Waals surface area contributed by atoms with E-state index in [-0.39, 0.29) is 10.8 Å². The molecule has 83 valence electrons. The fourth-order valence-electron chi connectivity index (χ4n) is 1.11. The third-order valence-electron chi connectivity index (χ3n) is 1.71. The summed E-state index contributed by atoms with van der Waals surface area (Å²) in [7, 11) is 2.23. The maximum absolute atomic E-state index is 12.6. The summed E-state index contributed by atoms with van der Waals surface area (Å²) in [6, 6.07) is 3.42. The summed E-state index contributed by atoms with van der Waals surface area (Å²) < 4.78 is 47.1. The molecule has 0 fully saturated rings. The minimum Gasteiger partial charge on any atom is -0.496 e. The Hall–Kier alpha value is -1.10. The molecule has 15 heavy (non-hydrogen) atoms. The second-order valence-electron chi connectivity index (χ2n) is 2.58. The first-order valence-electron chi connectivity index (χ1n) is 3.81. The van der Waals surface area contributed by atoms with E-state index in [9.17, 15) is 13.2 Å². The highest BCUT2D eigenvalue weighted by Gasteiger charge is 2.39. The average Bonchev–Trinajstić information content (AvgIpc) is 2.15. The van der Waals surface area contributed by atoms with Gasteiger partial charge in [0, 0.05) is 6.07 Å². The van der Waals surface area contributed by atoms with Crippen LogP contribution in [0.4, 0.5) is 13.2 Å². The quantitative estimate of drug-likeness (QED) is 0.789. The van der Waals surface area contributed by atoms with Crippen LogP contribution in [0, 0.1) is 6.07 Å². The molecule has 1 rings (SSSR count). The molecule has 0 unspecified atom stereocenters. The molecule has 0 bridgehead atoms. The molecule has 0 spiro atoms. The van der Waals surface area contributed by atoms with E-state index >= 15 is 0 Å². The van der Waals surface area contributed by atoms with Crippen LogP contribution in [0.15, 0.2) is 6.07 Å². The van der Waals surface area contributed by atoms with Gasteiger partial charge in [0.15, 0.2) is 5.75 Å². The first kappa shape index (κ1) is 12.0. The fraction of sp³-hybridized carbons (Fsp3) is 0.333. The molecule has 1 aromatic rings. The van der Waals surface area contributed by atoms with Gasteiger partial charge in [-0.2, -0.15) is 13.2 Å². The van der Waals surface area contributed by atoms with Crippen LogP contribution < -0.4 is 9.47 Å². The summed E-state index contributed by atoms with van der Waals surface area (Å²) >= 11 is 5.53. The van der Waals surface area contributed by atoms with Crippen molar-refractivity contribution in [2.75, 3.05) is 14.2 Å². The Bertz CT molecular complexity index is 363. The molecular weight excluding hydrogens is 233 g/mol. The van der Waals surface area contributed by atoms with E-state index < -0.39 is 17.5 Å². The smallest absolute Gasteiger partial charge is 0.423 e. The van der Waals surface area contributed by atoms with Crippen molar-refractivity contribution in [1.82, 2.24) is 0 Å². The summed E-state index contributed by atoms with van der Waals surface area (Å²) in [5.74, 6) is -0.854. The van der Waals surface area contributed by atoms with E-state index in [0.717, 1.165) is 20.3 Å². The third kappa shape index (κ3) is 2.28. The lowest BCUT2D eigenvalue weighted by Crippen LogP contribution is -2.10. The number of methoxy groups -OCH3 is 2. The standard InChI is InChI=1S/C9H7ClF3O2/c1-14-6-4-3-5(10)8(15-2)7(6)9(11,12)13/h4H,1-2H3. The van der Waals surface area contributed by atoms with Gasteiger partial charge in [0.1, 0.15) is 11.3 Å². The second kappa shape index (κ2) is 4.18. The van der Waals surface area contributed by atoms with Crippen LogP contribution in [0.3, 0.4) is 0 Å². The number of halogens is 4. The van der Waals surface area contributed by atoms with Gasteiger partial charge in [-0.1, -0.05) is 11.6 Å². The van der Waals surface area contributed by atoms with E-state index in [4.69, 9.17) is 11.6 Å². The lowest BCUT2D eigenvalue weighted by molar-refractivity contribution is -0.139.